The van der Waals surface area contributed by atoms with Gasteiger partial charge in [0.05, 0.1) is 23.5 Å². The molecule has 7 nitrogen and oxygen atoms in total. The van der Waals surface area contributed by atoms with Crippen molar-refractivity contribution in [1.82, 2.24) is 10.3 Å². The summed E-state index contributed by atoms with van der Waals surface area (Å²) in [6.45, 7) is 1.82. The smallest absolute Gasteiger partial charge is 0.326 e. The predicted octanol–water partition coefficient (Wildman–Crippen LogP) is 2.18. The number of benzene rings is 2. The van der Waals surface area contributed by atoms with E-state index in [4.69, 9.17) is 10.8 Å². The molecule has 0 spiro atoms. The maximum absolute atomic E-state index is 12.3. The van der Waals surface area contributed by atoms with Crippen LogP contribution in [0.25, 0.3) is 10.8 Å². The maximum atomic E-state index is 12.3. The molecule has 8 heteroatoms. The van der Waals surface area contributed by atoms with Gasteiger partial charge in [-0.25, -0.2) is 9.78 Å². The summed E-state index contributed by atoms with van der Waals surface area (Å²) in [5.41, 5.74) is 6.93. The lowest BCUT2D eigenvalue weighted by molar-refractivity contribution is -0.143. The number of carbonyl (C=O) groups excluding carboxylic acids is 2. The first-order valence-corrected chi connectivity index (χ1v) is 9.87. The number of hydrogen-bond donors (Lipinski definition) is 3. The number of aromatic nitrogens is 1. The molecule has 1 unspecified atom stereocenters. The Morgan fingerprint density at radius 1 is 1.17 bits per heavy atom. The average molecular weight is 411 g/mol. The summed E-state index contributed by atoms with van der Waals surface area (Å²) in [5.74, 6) is -2.57. The largest absolute Gasteiger partial charge is 0.480 e. The number of carbonyl (C=O) groups is 3. The monoisotopic (exact) mass is 411 g/mol. The van der Waals surface area contributed by atoms with Crippen molar-refractivity contribution >= 4 is 39.9 Å². The number of carboxylic acid groups (broad SMARTS) is 1. The lowest BCUT2D eigenvalue weighted by Gasteiger charge is -2.12. The van der Waals surface area contributed by atoms with E-state index in [2.05, 4.69) is 34.6 Å². The molecule has 4 N–H and O–H groups in total. The Kier molecular flexibility index (Phi) is 6.23. The second-order valence-electron chi connectivity index (χ2n) is 6.74. The number of nitrogens with two attached hydrogens (primary N) is 1. The van der Waals surface area contributed by atoms with E-state index in [0.717, 1.165) is 31.9 Å². The Labute approximate surface area is 171 Å². The fraction of sp³-hybridized carbons (Fsp3) is 0.238. The van der Waals surface area contributed by atoms with Gasteiger partial charge in [0, 0.05) is 11.3 Å². The number of rotatable bonds is 8. The van der Waals surface area contributed by atoms with E-state index in [0.29, 0.717) is 6.42 Å². The summed E-state index contributed by atoms with van der Waals surface area (Å²) < 4.78 is 0. The van der Waals surface area contributed by atoms with Crippen LogP contribution in [0.15, 0.2) is 42.5 Å². The number of amides is 2. The number of aliphatic carboxylic acids is 1. The first-order valence-electron chi connectivity index (χ1n) is 9.05. The van der Waals surface area contributed by atoms with Gasteiger partial charge in [-0.2, -0.15) is 0 Å². The van der Waals surface area contributed by atoms with E-state index < -0.39 is 30.2 Å². The van der Waals surface area contributed by atoms with Crippen molar-refractivity contribution in [3.05, 3.63) is 63.6 Å². The third-order valence-electron chi connectivity index (χ3n) is 4.52. The Bertz CT molecular complexity index is 1070. The van der Waals surface area contributed by atoms with E-state index >= 15 is 0 Å². The van der Waals surface area contributed by atoms with Gasteiger partial charge in [0.1, 0.15) is 6.04 Å². The van der Waals surface area contributed by atoms with E-state index in [-0.39, 0.29) is 6.42 Å². The summed E-state index contributed by atoms with van der Waals surface area (Å²) in [6.07, 6.45) is 0.199. The third-order valence-corrected chi connectivity index (χ3v) is 5.68. The second-order valence-corrected chi connectivity index (χ2v) is 7.90. The number of fused-ring (bicyclic) bond motifs is 1. The van der Waals surface area contributed by atoms with Crippen molar-refractivity contribution in [3.8, 4) is 0 Å². The van der Waals surface area contributed by atoms with Gasteiger partial charge in [-0.3, -0.25) is 9.59 Å². The molecule has 2 amide bonds. The molecule has 2 aromatic carbocycles. The van der Waals surface area contributed by atoms with Crippen molar-refractivity contribution in [2.24, 2.45) is 5.73 Å². The summed E-state index contributed by atoms with van der Waals surface area (Å²) in [7, 11) is 0. The Morgan fingerprint density at radius 3 is 2.62 bits per heavy atom. The van der Waals surface area contributed by atoms with Gasteiger partial charge in [-0.05, 0) is 23.3 Å². The van der Waals surface area contributed by atoms with Crippen LogP contribution in [0.5, 0.6) is 0 Å². The highest BCUT2D eigenvalue weighted by Crippen LogP contribution is 2.25. The molecule has 29 heavy (non-hydrogen) atoms. The first kappa shape index (κ1) is 20.5. The number of primary amides is 1. The van der Waals surface area contributed by atoms with E-state index in [9.17, 15) is 14.4 Å². The molecule has 0 saturated carbocycles. The molecule has 3 aromatic rings. The summed E-state index contributed by atoms with van der Waals surface area (Å²) in [6, 6.07) is 12.9. The highest BCUT2D eigenvalue weighted by atomic mass is 32.1. The van der Waals surface area contributed by atoms with Gasteiger partial charge >= 0.3 is 5.97 Å². The zero-order chi connectivity index (χ0) is 21.0. The van der Waals surface area contributed by atoms with Crippen LogP contribution in [0, 0.1) is 6.92 Å². The Balaban J connectivity index is 1.72. The van der Waals surface area contributed by atoms with Gasteiger partial charge < -0.3 is 16.2 Å². The zero-order valence-corrected chi connectivity index (χ0v) is 16.7. The normalized spacial score (nSPS) is 11.9. The minimum absolute atomic E-state index is 0.00157. The number of aryl methyl sites for hydroxylation is 1. The molecular weight excluding hydrogens is 390 g/mol. The quantitative estimate of drug-likeness (QED) is 0.524. The van der Waals surface area contributed by atoms with Crippen LogP contribution in [0.4, 0.5) is 0 Å². The molecule has 0 fully saturated rings. The van der Waals surface area contributed by atoms with Gasteiger partial charge in [0.15, 0.2) is 0 Å². The lowest BCUT2D eigenvalue weighted by Crippen LogP contribution is -2.43. The van der Waals surface area contributed by atoms with Crippen LogP contribution < -0.4 is 11.1 Å². The molecule has 0 radical (unpaired) electrons. The third kappa shape index (κ3) is 5.17. The summed E-state index contributed by atoms with van der Waals surface area (Å²) in [5, 5.41) is 14.7. The van der Waals surface area contributed by atoms with Gasteiger partial charge in [-0.15, -0.1) is 11.3 Å². The second kappa shape index (κ2) is 8.83. The van der Waals surface area contributed by atoms with Crippen LogP contribution in [-0.4, -0.2) is 33.9 Å². The molecule has 3 rings (SSSR count). The number of hydrogen-bond acceptors (Lipinski definition) is 5. The van der Waals surface area contributed by atoms with Crippen LogP contribution in [-0.2, 0) is 27.2 Å². The molecule has 150 valence electrons. The molecule has 0 aliphatic carbocycles. The molecule has 0 aliphatic heterocycles. The highest BCUT2D eigenvalue weighted by molar-refractivity contribution is 7.11. The minimum atomic E-state index is -1.33. The van der Waals surface area contributed by atoms with Gasteiger partial charge in [-0.1, -0.05) is 42.5 Å². The van der Waals surface area contributed by atoms with Crippen LogP contribution in [0.2, 0.25) is 0 Å². The molecule has 1 aromatic heterocycles. The standard InChI is InChI=1S/C21H21N3O4S/c1-12-17(11-19(26)24-16(21(27)28)10-18(22)25)29-20(23-12)9-14-7-4-6-13-5-2-3-8-15(13)14/h2-8,16H,9-11H2,1H3,(H2,22,25)(H,24,26)(H,27,28). The van der Waals surface area contributed by atoms with Crippen molar-refractivity contribution < 1.29 is 19.5 Å². The summed E-state index contributed by atoms with van der Waals surface area (Å²) >= 11 is 1.43. The average Bonchev–Trinajstić information content (AvgIpc) is 3.00. The fourth-order valence-corrected chi connectivity index (χ4v) is 4.22. The van der Waals surface area contributed by atoms with Gasteiger partial charge in [0.25, 0.3) is 0 Å². The molecule has 1 heterocycles. The van der Waals surface area contributed by atoms with Crippen molar-refractivity contribution in [1.29, 1.82) is 0 Å². The minimum Gasteiger partial charge on any atom is -0.480 e. The number of nitrogens with zero attached hydrogens (tertiary/aromatic N) is 1. The highest BCUT2D eigenvalue weighted by Gasteiger charge is 2.23. The number of thiazole rings is 1. The lowest BCUT2D eigenvalue weighted by atomic mass is 10.0. The molecule has 1 atom stereocenters. The Hall–Kier alpha value is -3.26. The van der Waals surface area contributed by atoms with Crippen LogP contribution in [0.3, 0.4) is 0 Å². The van der Waals surface area contributed by atoms with E-state index in [1.54, 1.807) is 0 Å². The first-order chi connectivity index (χ1) is 13.8. The topological polar surface area (TPSA) is 122 Å². The molecular formula is C21H21N3O4S. The fourth-order valence-electron chi connectivity index (χ4n) is 3.13. The molecule has 0 saturated heterocycles. The van der Waals surface area contributed by atoms with E-state index in [1.807, 2.05) is 25.1 Å². The van der Waals surface area contributed by atoms with Crippen molar-refractivity contribution in [2.45, 2.75) is 32.2 Å². The number of nitrogens with one attached hydrogen (secondary N) is 1. The summed E-state index contributed by atoms with van der Waals surface area (Å²) in [4.78, 5) is 39.7. The van der Waals surface area contributed by atoms with Crippen molar-refractivity contribution in [2.75, 3.05) is 0 Å². The Morgan fingerprint density at radius 2 is 1.90 bits per heavy atom. The van der Waals surface area contributed by atoms with Gasteiger partial charge in [0.2, 0.25) is 11.8 Å². The molecule has 0 aliphatic rings. The SMILES string of the molecule is Cc1nc(Cc2cccc3ccccc23)sc1CC(=O)NC(CC(N)=O)C(=O)O. The maximum Gasteiger partial charge on any atom is 0.326 e. The van der Waals surface area contributed by atoms with Crippen LogP contribution in [0.1, 0.15) is 27.6 Å². The number of carboxylic acids is 1. The van der Waals surface area contributed by atoms with Crippen molar-refractivity contribution in [3.63, 3.8) is 0 Å². The van der Waals surface area contributed by atoms with Crippen LogP contribution >= 0.6 is 11.3 Å². The molecule has 0 bridgehead atoms. The zero-order valence-electron chi connectivity index (χ0n) is 15.8. The predicted molar refractivity (Wildman–Crippen MR) is 111 cm³/mol. The van der Waals surface area contributed by atoms with E-state index in [1.165, 1.54) is 11.3 Å².